The number of ether oxygens (including phenoxy) is 1. The van der Waals surface area contributed by atoms with Crippen molar-refractivity contribution in [3.8, 4) is 11.4 Å². The molecule has 9 nitrogen and oxygen atoms in total. The Morgan fingerprint density at radius 3 is 2.15 bits per heavy atom. The number of benzene rings is 2. The molecule has 3 heterocycles. The van der Waals surface area contributed by atoms with Crippen LogP contribution in [0.25, 0.3) is 16.6 Å². The zero-order valence-electron chi connectivity index (χ0n) is 23.7. The van der Waals surface area contributed by atoms with Crippen molar-refractivity contribution in [1.82, 2.24) is 9.78 Å². The van der Waals surface area contributed by atoms with Crippen LogP contribution in [0.1, 0.15) is 55.4 Å². The fourth-order valence-corrected chi connectivity index (χ4v) is 5.04. The van der Waals surface area contributed by atoms with Gasteiger partial charge in [0.25, 0.3) is 0 Å². The maximum Gasteiger partial charge on any atom is 0.496 e. The lowest BCUT2D eigenvalue weighted by atomic mass is 9.79. The van der Waals surface area contributed by atoms with Gasteiger partial charge in [-0.3, -0.25) is 4.79 Å². The molecule has 13 heteroatoms. The average molecular weight is 582 g/mol. The van der Waals surface area contributed by atoms with Crippen molar-refractivity contribution in [2.75, 3.05) is 0 Å². The number of esters is 1. The predicted octanol–water partition coefficient (Wildman–Crippen LogP) is 4.24. The van der Waals surface area contributed by atoms with E-state index in [1.54, 1.807) is 19.1 Å². The number of isothiocyanates is 1. The molecule has 2 aliphatic heterocycles. The molecule has 0 N–H and O–H groups in total. The molecule has 0 bridgehead atoms. The molecule has 1 aromatic heterocycles. The fourth-order valence-electron chi connectivity index (χ4n) is 4.58. The summed E-state index contributed by atoms with van der Waals surface area (Å²) in [7, 11) is -1.33. The molecule has 0 saturated carbocycles. The molecular formula is C27H30B2ClN3O6S. The SMILES string of the molecule is CC(=O)Oc1cc(B2OC(C)(C)C(C)(C)O2)ccc1-n1nc2ccc(B3OC(C)(C)C(C)(N=C=S)O3)cc2c1Cl. The minimum atomic E-state index is -1.000. The fraction of sp³-hybridized carbons (Fsp3) is 0.444. The maximum atomic E-state index is 12.0. The van der Waals surface area contributed by atoms with E-state index in [1.807, 2.05) is 65.8 Å². The number of fused-ring (bicyclic) bond motifs is 1. The van der Waals surface area contributed by atoms with E-state index in [9.17, 15) is 4.79 Å². The van der Waals surface area contributed by atoms with E-state index in [0.717, 1.165) is 5.46 Å². The van der Waals surface area contributed by atoms with Crippen LogP contribution in [0.2, 0.25) is 5.15 Å². The second-order valence-electron chi connectivity index (χ2n) is 11.7. The zero-order chi connectivity index (χ0) is 29.3. The van der Waals surface area contributed by atoms with Gasteiger partial charge >= 0.3 is 20.2 Å². The van der Waals surface area contributed by atoms with Crippen LogP contribution in [0.4, 0.5) is 0 Å². The Morgan fingerprint density at radius 2 is 1.52 bits per heavy atom. The Kier molecular flexibility index (Phi) is 7.07. The highest BCUT2D eigenvalue weighted by Gasteiger charge is 2.55. The van der Waals surface area contributed by atoms with Gasteiger partial charge in [0.1, 0.15) is 10.8 Å². The third-order valence-corrected chi connectivity index (χ3v) is 8.47. The van der Waals surface area contributed by atoms with E-state index in [-0.39, 0.29) is 5.75 Å². The molecule has 5 rings (SSSR count). The highest BCUT2D eigenvalue weighted by atomic mass is 35.5. The molecule has 0 spiro atoms. The van der Waals surface area contributed by atoms with Gasteiger partial charge in [-0.15, -0.1) is 0 Å². The molecule has 2 aromatic carbocycles. The highest BCUT2D eigenvalue weighted by Crippen LogP contribution is 2.39. The summed E-state index contributed by atoms with van der Waals surface area (Å²) in [4.78, 5) is 16.3. The van der Waals surface area contributed by atoms with E-state index < -0.39 is 42.7 Å². The number of aliphatic imine (C=N–C) groups is 1. The summed E-state index contributed by atoms with van der Waals surface area (Å²) in [6.07, 6.45) is 0. The van der Waals surface area contributed by atoms with Gasteiger partial charge in [0.2, 0.25) is 0 Å². The van der Waals surface area contributed by atoms with Crippen LogP contribution in [0.15, 0.2) is 41.4 Å². The summed E-state index contributed by atoms with van der Waals surface area (Å²) in [6.45, 7) is 14.8. The number of hydrogen-bond acceptors (Lipinski definition) is 9. The molecule has 1 unspecified atom stereocenters. The second kappa shape index (κ2) is 9.77. The standard InChI is InChI=1S/C27H30B2ClN3O6S/c1-16(34)35-22-14-18(28-36-24(2,3)25(4,5)37-28)10-12-21(22)33-23(30)19-13-17(9-11-20(19)32-33)29-38-26(6,7)27(8,39-29)31-15-40/h9-14H,1-8H3. The number of carbonyl (C=O) groups excluding carboxylic acids is 1. The Balaban J connectivity index is 1.53. The van der Waals surface area contributed by atoms with Crippen LogP contribution >= 0.6 is 23.8 Å². The number of aromatic nitrogens is 2. The molecule has 0 amide bonds. The van der Waals surface area contributed by atoms with Crippen LogP contribution in [-0.4, -0.2) is 57.7 Å². The van der Waals surface area contributed by atoms with Crippen LogP contribution in [0, 0.1) is 0 Å². The van der Waals surface area contributed by atoms with Crippen molar-refractivity contribution in [1.29, 1.82) is 0 Å². The first-order valence-corrected chi connectivity index (χ1v) is 13.7. The first-order chi connectivity index (χ1) is 18.6. The molecule has 1 atom stereocenters. The molecule has 0 radical (unpaired) electrons. The van der Waals surface area contributed by atoms with E-state index in [1.165, 1.54) is 11.6 Å². The molecule has 0 aliphatic carbocycles. The predicted molar refractivity (Wildman–Crippen MR) is 158 cm³/mol. The number of rotatable bonds is 5. The quantitative estimate of drug-likeness (QED) is 0.145. The van der Waals surface area contributed by atoms with Crippen molar-refractivity contribution in [3.63, 3.8) is 0 Å². The van der Waals surface area contributed by atoms with Crippen molar-refractivity contribution >= 4 is 71.0 Å². The summed E-state index contributed by atoms with van der Waals surface area (Å²) < 4.78 is 31.8. The molecule has 2 aliphatic rings. The highest BCUT2D eigenvalue weighted by molar-refractivity contribution is 7.78. The molecule has 3 aromatic rings. The van der Waals surface area contributed by atoms with E-state index in [2.05, 4.69) is 15.3 Å². The first kappa shape index (κ1) is 29.0. The number of thiocarbonyl (C=S) groups is 1. The molecule has 2 fully saturated rings. The Hall–Kier alpha value is -2.56. The number of halogens is 1. The van der Waals surface area contributed by atoms with Gasteiger partial charge in [0, 0.05) is 12.3 Å². The van der Waals surface area contributed by atoms with Crippen LogP contribution in [0.3, 0.4) is 0 Å². The Bertz CT molecular complexity index is 1560. The monoisotopic (exact) mass is 581 g/mol. The molecule has 208 valence electrons. The summed E-state index contributed by atoms with van der Waals surface area (Å²) >= 11 is 11.7. The van der Waals surface area contributed by atoms with E-state index >= 15 is 0 Å². The van der Waals surface area contributed by atoms with E-state index in [0.29, 0.717) is 27.2 Å². The average Bonchev–Trinajstić information content (AvgIpc) is 3.38. The third kappa shape index (κ3) is 4.81. The summed E-state index contributed by atoms with van der Waals surface area (Å²) in [6, 6.07) is 10.9. The summed E-state index contributed by atoms with van der Waals surface area (Å²) in [5.41, 5.74) is -0.229. The van der Waals surface area contributed by atoms with Crippen molar-refractivity contribution < 1.29 is 28.1 Å². The maximum absolute atomic E-state index is 12.0. The second-order valence-corrected chi connectivity index (χ2v) is 12.2. The Labute approximate surface area is 244 Å². The first-order valence-electron chi connectivity index (χ1n) is 12.9. The van der Waals surface area contributed by atoms with Gasteiger partial charge in [-0.25, -0.2) is 4.68 Å². The minimum absolute atomic E-state index is 0.271. The Morgan fingerprint density at radius 1 is 0.950 bits per heavy atom. The number of nitrogens with zero attached hydrogens (tertiary/aromatic N) is 3. The number of carbonyl (C=O) groups is 1. The van der Waals surface area contributed by atoms with Crippen molar-refractivity contribution in [2.24, 2.45) is 4.99 Å². The van der Waals surface area contributed by atoms with Gasteiger partial charge in [-0.1, -0.05) is 23.7 Å². The van der Waals surface area contributed by atoms with Crippen LogP contribution in [-0.2, 0) is 23.4 Å². The zero-order valence-corrected chi connectivity index (χ0v) is 25.3. The van der Waals surface area contributed by atoms with Gasteiger partial charge < -0.3 is 23.4 Å². The molecular weight excluding hydrogens is 551 g/mol. The van der Waals surface area contributed by atoms with Crippen molar-refractivity contribution in [2.45, 2.75) is 77.9 Å². The van der Waals surface area contributed by atoms with Crippen LogP contribution in [0.5, 0.6) is 5.75 Å². The normalized spacial score (nSPS) is 22.9. The smallest absolute Gasteiger partial charge is 0.424 e. The van der Waals surface area contributed by atoms with Crippen LogP contribution < -0.4 is 15.7 Å². The summed E-state index contributed by atoms with van der Waals surface area (Å²) in [5, 5.41) is 8.08. The lowest BCUT2D eigenvalue weighted by Crippen LogP contribution is -2.42. The molecule has 40 heavy (non-hydrogen) atoms. The van der Waals surface area contributed by atoms with E-state index in [4.69, 9.17) is 47.2 Å². The molecule has 2 saturated heterocycles. The van der Waals surface area contributed by atoms with Gasteiger partial charge in [0.05, 0.1) is 27.5 Å². The van der Waals surface area contributed by atoms with Gasteiger partial charge in [0.15, 0.2) is 11.5 Å². The van der Waals surface area contributed by atoms with Gasteiger partial charge in [-0.2, -0.15) is 10.1 Å². The number of hydrogen-bond donors (Lipinski definition) is 0. The van der Waals surface area contributed by atoms with Crippen molar-refractivity contribution in [3.05, 3.63) is 41.6 Å². The largest absolute Gasteiger partial charge is 0.496 e. The summed E-state index contributed by atoms with van der Waals surface area (Å²) in [5.74, 6) is -0.213. The topological polar surface area (TPSA) is 93.4 Å². The lowest BCUT2D eigenvalue weighted by molar-refractivity contribution is -0.131. The minimum Gasteiger partial charge on any atom is -0.424 e. The lowest BCUT2D eigenvalue weighted by Gasteiger charge is -2.32. The third-order valence-electron chi connectivity index (χ3n) is 8.01. The van der Waals surface area contributed by atoms with Gasteiger partial charge in [-0.05, 0) is 95.9 Å².